The Morgan fingerprint density at radius 2 is 2.00 bits per heavy atom. The molecule has 0 bridgehead atoms. The lowest BCUT2D eigenvalue weighted by atomic mass is 10.2. The van der Waals surface area contributed by atoms with Gasteiger partial charge in [0, 0.05) is 13.1 Å². The van der Waals surface area contributed by atoms with Gasteiger partial charge in [-0.05, 0) is 34.1 Å². The molecule has 0 radical (unpaired) electrons. The lowest BCUT2D eigenvalue weighted by Gasteiger charge is -2.09. The van der Waals surface area contributed by atoms with Gasteiger partial charge in [0.05, 0.1) is 15.2 Å². The molecule has 4 nitrogen and oxygen atoms in total. The summed E-state index contributed by atoms with van der Waals surface area (Å²) in [6, 6.07) is 4.87. The van der Waals surface area contributed by atoms with E-state index in [1.807, 2.05) is 0 Å². The van der Waals surface area contributed by atoms with Crippen LogP contribution in [0.5, 0.6) is 0 Å². The van der Waals surface area contributed by atoms with Gasteiger partial charge in [-0.2, -0.15) is 0 Å². The molecule has 0 aliphatic carbocycles. The Bertz CT molecular complexity index is 712. The molecule has 8 heteroatoms. The third kappa shape index (κ3) is 3.48. The van der Waals surface area contributed by atoms with Gasteiger partial charge in [0.15, 0.2) is 0 Å². The van der Waals surface area contributed by atoms with Gasteiger partial charge >= 0.3 is 0 Å². The SMILES string of the molecule is CNc1ccc(Cl)c(C(=O)Nc2cc(Br)c(F)cc2F)n1. The molecule has 0 aliphatic rings. The largest absolute Gasteiger partial charge is 0.373 e. The number of carbonyl (C=O) groups is 1. The summed E-state index contributed by atoms with van der Waals surface area (Å²) in [4.78, 5) is 16.1. The number of benzene rings is 1. The number of carbonyl (C=O) groups excluding carboxylic acids is 1. The van der Waals surface area contributed by atoms with E-state index in [2.05, 4.69) is 31.5 Å². The van der Waals surface area contributed by atoms with Crippen LogP contribution in [0, 0.1) is 11.6 Å². The Morgan fingerprint density at radius 1 is 1.29 bits per heavy atom. The average Bonchev–Trinajstić information content (AvgIpc) is 2.45. The van der Waals surface area contributed by atoms with Gasteiger partial charge in [-0.1, -0.05) is 11.6 Å². The zero-order chi connectivity index (χ0) is 15.6. The molecule has 0 aliphatic heterocycles. The quantitative estimate of drug-likeness (QED) is 0.794. The van der Waals surface area contributed by atoms with Gasteiger partial charge in [0.2, 0.25) is 0 Å². The van der Waals surface area contributed by atoms with E-state index in [0.29, 0.717) is 11.9 Å². The lowest BCUT2D eigenvalue weighted by Crippen LogP contribution is -2.16. The fourth-order valence-electron chi connectivity index (χ4n) is 1.54. The molecule has 0 spiro atoms. The molecule has 0 saturated heterocycles. The van der Waals surface area contributed by atoms with Crippen LogP contribution < -0.4 is 10.6 Å². The van der Waals surface area contributed by atoms with Crippen molar-refractivity contribution in [3.05, 3.63) is 51.1 Å². The van der Waals surface area contributed by atoms with E-state index in [1.165, 1.54) is 6.07 Å². The standard InChI is InChI=1S/C13H9BrClF2N3O/c1-18-11-3-2-7(15)12(20-11)13(21)19-10-4-6(14)8(16)5-9(10)17/h2-5H,1H3,(H,18,20)(H,19,21). The fourth-order valence-corrected chi connectivity index (χ4v) is 2.07. The van der Waals surface area contributed by atoms with Gasteiger partial charge in [-0.3, -0.25) is 4.79 Å². The van der Waals surface area contributed by atoms with Crippen molar-refractivity contribution in [1.29, 1.82) is 0 Å². The maximum Gasteiger partial charge on any atom is 0.275 e. The Morgan fingerprint density at radius 3 is 2.67 bits per heavy atom. The van der Waals surface area contributed by atoms with Crippen LogP contribution in [0.4, 0.5) is 20.3 Å². The zero-order valence-electron chi connectivity index (χ0n) is 10.7. The van der Waals surface area contributed by atoms with E-state index in [-0.39, 0.29) is 20.9 Å². The van der Waals surface area contributed by atoms with Crippen molar-refractivity contribution >= 4 is 44.9 Å². The smallest absolute Gasteiger partial charge is 0.275 e. The molecule has 0 atom stereocenters. The average molecular weight is 377 g/mol. The molecule has 21 heavy (non-hydrogen) atoms. The summed E-state index contributed by atoms with van der Waals surface area (Å²) in [5.41, 5.74) is -0.246. The minimum atomic E-state index is -0.898. The Hall–Kier alpha value is -1.73. The molecule has 1 aromatic carbocycles. The third-order valence-electron chi connectivity index (χ3n) is 2.58. The number of aromatic nitrogens is 1. The van der Waals surface area contributed by atoms with Crippen LogP contribution in [0.2, 0.25) is 5.02 Å². The molecule has 2 N–H and O–H groups in total. The third-order valence-corrected chi connectivity index (χ3v) is 3.49. The Kier molecular flexibility index (Phi) is 4.74. The van der Waals surface area contributed by atoms with Crippen molar-refractivity contribution < 1.29 is 13.6 Å². The van der Waals surface area contributed by atoms with Crippen LogP contribution in [0.3, 0.4) is 0 Å². The summed E-state index contributed by atoms with van der Waals surface area (Å²) in [6.45, 7) is 0. The molecule has 1 aromatic heterocycles. The molecular formula is C13H9BrClF2N3O. The normalized spacial score (nSPS) is 10.3. The van der Waals surface area contributed by atoms with Gasteiger partial charge in [0.1, 0.15) is 23.1 Å². The number of halogens is 4. The molecule has 1 heterocycles. The first kappa shape index (κ1) is 15.7. The van der Waals surface area contributed by atoms with Crippen molar-refractivity contribution in [2.75, 3.05) is 17.7 Å². The van der Waals surface area contributed by atoms with Crippen molar-refractivity contribution in [2.24, 2.45) is 0 Å². The minimum absolute atomic E-state index is 0.0298. The second kappa shape index (κ2) is 6.36. The lowest BCUT2D eigenvalue weighted by molar-refractivity contribution is 0.102. The number of rotatable bonds is 3. The summed E-state index contributed by atoms with van der Waals surface area (Å²) in [5.74, 6) is -1.93. The highest BCUT2D eigenvalue weighted by atomic mass is 79.9. The van der Waals surface area contributed by atoms with Crippen LogP contribution >= 0.6 is 27.5 Å². The summed E-state index contributed by atoms with van der Waals surface area (Å²) < 4.78 is 26.8. The molecule has 110 valence electrons. The van der Waals surface area contributed by atoms with Gasteiger partial charge in [0.25, 0.3) is 5.91 Å². The minimum Gasteiger partial charge on any atom is -0.373 e. The first-order valence-electron chi connectivity index (χ1n) is 5.72. The van der Waals surface area contributed by atoms with Crippen LogP contribution in [-0.2, 0) is 0 Å². The van der Waals surface area contributed by atoms with E-state index in [9.17, 15) is 13.6 Å². The summed E-state index contributed by atoms with van der Waals surface area (Å²) in [5, 5.41) is 5.18. The van der Waals surface area contributed by atoms with Crippen molar-refractivity contribution in [3.63, 3.8) is 0 Å². The van der Waals surface area contributed by atoms with Crippen LogP contribution in [0.1, 0.15) is 10.5 Å². The molecule has 0 saturated carbocycles. The van der Waals surface area contributed by atoms with E-state index >= 15 is 0 Å². The maximum absolute atomic E-state index is 13.6. The zero-order valence-corrected chi connectivity index (χ0v) is 13.0. The number of pyridine rings is 1. The summed E-state index contributed by atoms with van der Waals surface area (Å²) in [6.07, 6.45) is 0. The molecule has 0 fully saturated rings. The first-order valence-corrected chi connectivity index (χ1v) is 6.89. The molecule has 0 unspecified atom stereocenters. The fraction of sp³-hybridized carbons (Fsp3) is 0.0769. The van der Waals surface area contributed by atoms with Gasteiger partial charge in [-0.15, -0.1) is 0 Å². The van der Waals surface area contributed by atoms with Crippen molar-refractivity contribution in [1.82, 2.24) is 4.98 Å². The number of amides is 1. The summed E-state index contributed by atoms with van der Waals surface area (Å²) in [7, 11) is 1.63. The monoisotopic (exact) mass is 375 g/mol. The number of hydrogen-bond acceptors (Lipinski definition) is 3. The number of anilines is 2. The van der Waals surface area contributed by atoms with Crippen molar-refractivity contribution in [2.45, 2.75) is 0 Å². The summed E-state index contributed by atoms with van der Waals surface area (Å²) >= 11 is 8.82. The molecule has 1 amide bonds. The Balaban J connectivity index is 2.32. The van der Waals surface area contributed by atoms with Gasteiger partial charge in [-0.25, -0.2) is 13.8 Å². The van der Waals surface area contributed by atoms with Crippen LogP contribution in [-0.4, -0.2) is 17.9 Å². The Labute approximate surface area is 132 Å². The second-order valence-corrected chi connectivity index (χ2v) is 5.24. The topological polar surface area (TPSA) is 54.0 Å². The van der Waals surface area contributed by atoms with E-state index in [1.54, 1.807) is 13.1 Å². The first-order chi connectivity index (χ1) is 9.92. The molecule has 2 rings (SSSR count). The highest BCUT2D eigenvalue weighted by molar-refractivity contribution is 9.10. The van der Waals surface area contributed by atoms with Crippen molar-refractivity contribution in [3.8, 4) is 0 Å². The van der Waals surface area contributed by atoms with E-state index in [4.69, 9.17) is 11.6 Å². The van der Waals surface area contributed by atoms with Crippen LogP contribution in [0.25, 0.3) is 0 Å². The number of hydrogen-bond donors (Lipinski definition) is 2. The van der Waals surface area contributed by atoms with E-state index < -0.39 is 17.5 Å². The number of nitrogens with one attached hydrogen (secondary N) is 2. The predicted octanol–water partition coefficient (Wildman–Crippen LogP) is 4.07. The van der Waals surface area contributed by atoms with E-state index in [0.717, 1.165) is 6.07 Å². The highest BCUT2D eigenvalue weighted by Crippen LogP contribution is 2.25. The maximum atomic E-state index is 13.6. The number of nitrogens with zero attached hydrogens (tertiary/aromatic N) is 1. The second-order valence-electron chi connectivity index (χ2n) is 3.98. The van der Waals surface area contributed by atoms with Gasteiger partial charge < -0.3 is 10.6 Å². The highest BCUT2D eigenvalue weighted by Gasteiger charge is 2.16. The predicted molar refractivity (Wildman–Crippen MR) is 80.8 cm³/mol. The molecular weight excluding hydrogens is 368 g/mol. The van der Waals surface area contributed by atoms with Crippen LogP contribution in [0.15, 0.2) is 28.7 Å². The molecule has 2 aromatic rings.